The van der Waals surface area contributed by atoms with Gasteiger partial charge in [-0.3, -0.25) is 9.69 Å². The molecule has 1 amide bonds. The van der Waals surface area contributed by atoms with Crippen molar-refractivity contribution in [2.75, 3.05) is 20.3 Å². The molecule has 1 saturated heterocycles. The van der Waals surface area contributed by atoms with Crippen molar-refractivity contribution in [3.8, 4) is 11.5 Å². The molecular weight excluding hydrogens is 527 g/mol. The normalized spacial score (nSPS) is 16.0. The molecule has 206 valence electrons. The van der Waals surface area contributed by atoms with Crippen LogP contribution in [0, 0.1) is 5.82 Å². The number of halogens is 1. The first-order chi connectivity index (χ1) is 18.3. The highest BCUT2D eigenvalue weighted by molar-refractivity contribution is 8.19. The summed E-state index contributed by atoms with van der Waals surface area (Å²) in [6.07, 6.45) is 10.1. The van der Waals surface area contributed by atoms with Crippen molar-refractivity contribution in [2.24, 2.45) is 4.40 Å². The van der Waals surface area contributed by atoms with E-state index in [-0.39, 0.29) is 22.5 Å². The molecule has 2 aromatic carbocycles. The van der Waals surface area contributed by atoms with Gasteiger partial charge in [-0.25, -0.2) is 4.39 Å². The van der Waals surface area contributed by atoms with Gasteiger partial charge < -0.3 is 9.47 Å². The molecule has 0 saturated carbocycles. The number of benzene rings is 2. The van der Waals surface area contributed by atoms with Crippen LogP contribution in [-0.4, -0.2) is 44.7 Å². The van der Waals surface area contributed by atoms with E-state index in [0.717, 1.165) is 48.9 Å². The third-order valence-electron chi connectivity index (χ3n) is 6.00. The molecular formula is C28H35FN2O5S2. The van der Waals surface area contributed by atoms with Gasteiger partial charge >= 0.3 is 0 Å². The van der Waals surface area contributed by atoms with Crippen LogP contribution < -0.4 is 9.47 Å². The van der Waals surface area contributed by atoms with Crippen LogP contribution in [0.1, 0.15) is 64.4 Å². The highest BCUT2D eigenvalue weighted by atomic mass is 32.2. The monoisotopic (exact) mass is 562 g/mol. The summed E-state index contributed by atoms with van der Waals surface area (Å²) >= 11 is 0.977. The van der Waals surface area contributed by atoms with E-state index in [2.05, 4.69) is 11.3 Å². The van der Waals surface area contributed by atoms with Gasteiger partial charge in [0.2, 0.25) is 0 Å². The number of unbranched alkanes of at least 4 members (excludes halogenated alkanes) is 6. The Morgan fingerprint density at radius 2 is 1.66 bits per heavy atom. The summed E-state index contributed by atoms with van der Waals surface area (Å²) < 4.78 is 54.0. The number of hydrogen-bond acceptors (Lipinski definition) is 6. The molecule has 7 nitrogen and oxygen atoms in total. The number of carbonyl (C=O) groups is 1. The van der Waals surface area contributed by atoms with E-state index in [1.165, 1.54) is 37.0 Å². The van der Waals surface area contributed by atoms with Crippen molar-refractivity contribution >= 4 is 38.9 Å². The number of rotatable bonds is 14. The Morgan fingerprint density at radius 3 is 2.32 bits per heavy atom. The third kappa shape index (κ3) is 8.07. The predicted octanol–water partition coefficient (Wildman–Crippen LogP) is 6.64. The SMILES string of the molecule is CCCCCCCCCOc1ccc(/C=C2\S/C(=N/S(=O)(=O)c3ccc(F)cc3)N(CC)C2=O)cc1OC. The quantitative estimate of drug-likeness (QED) is 0.189. The van der Waals surface area contributed by atoms with Gasteiger partial charge in [-0.1, -0.05) is 51.5 Å². The topological polar surface area (TPSA) is 85.3 Å². The second-order valence-corrected chi connectivity index (χ2v) is 11.5. The summed E-state index contributed by atoms with van der Waals surface area (Å²) in [5.41, 5.74) is 0.708. The highest BCUT2D eigenvalue weighted by Gasteiger charge is 2.34. The lowest BCUT2D eigenvalue weighted by Crippen LogP contribution is -2.29. The standard InChI is InChI=1S/C28H35FN2O5S2/c1-4-6-7-8-9-10-11-18-36-24-17-12-21(19-25(24)35-3)20-26-27(32)31(5-2)28(37-26)30-38(33,34)23-15-13-22(29)14-16-23/h12-17,19-20H,4-11,18H2,1-3H3/b26-20-,30-28+. The summed E-state index contributed by atoms with van der Waals surface area (Å²) in [5.74, 6) is 0.294. The van der Waals surface area contributed by atoms with Crippen molar-refractivity contribution in [1.29, 1.82) is 0 Å². The van der Waals surface area contributed by atoms with Gasteiger partial charge in [0.1, 0.15) is 5.82 Å². The molecule has 2 aromatic rings. The van der Waals surface area contributed by atoms with Gasteiger partial charge in [0.25, 0.3) is 15.9 Å². The lowest BCUT2D eigenvalue weighted by Gasteiger charge is -2.12. The Balaban J connectivity index is 1.69. The Bertz CT molecular complexity index is 1260. The highest BCUT2D eigenvalue weighted by Crippen LogP contribution is 2.35. The maximum atomic E-state index is 13.2. The minimum Gasteiger partial charge on any atom is -0.493 e. The maximum absolute atomic E-state index is 13.2. The second-order valence-electron chi connectivity index (χ2n) is 8.84. The number of likely N-dealkylation sites (N-methyl/N-ethyl adjacent to an activating group) is 1. The molecule has 1 aliphatic heterocycles. The largest absolute Gasteiger partial charge is 0.493 e. The van der Waals surface area contributed by atoms with Crippen LogP contribution in [0.4, 0.5) is 4.39 Å². The summed E-state index contributed by atoms with van der Waals surface area (Å²) in [6, 6.07) is 9.81. The van der Waals surface area contributed by atoms with Crippen LogP contribution in [0.25, 0.3) is 6.08 Å². The molecule has 0 aromatic heterocycles. The van der Waals surface area contributed by atoms with Gasteiger partial charge in [0, 0.05) is 6.54 Å². The van der Waals surface area contributed by atoms with E-state index in [9.17, 15) is 17.6 Å². The fraction of sp³-hybridized carbons (Fsp3) is 0.429. The predicted molar refractivity (Wildman–Crippen MR) is 150 cm³/mol. The summed E-state index contributed by atoms with van der Waals surface area (Å²) in [4.78, 5) is 14.5. The fourth-order valence-electron chi connectivity index (χ4n) is 3.90. The average molecular weight is 563 g/mol. The molecule has 3 rings (SSSR count). The molecule has 0 atom stereocenters. The molecule has 10 heteroatoms. The van der Waals surface area contributed by atoms with Gasteiger partial charge in [0.05, 0.1) is 23.5 Å². The van der Waals surface area contributed by atoms with Crippen LogP contribution in [0.15, 0.2) is 56.7 Å². The van der Waals surface area contributed by atoms with Crippen LogP contribution in [-0.2, 0) is 14.8 Å². The van der Waals surface area contributed by atoms with Crippen LogP contribution in [0.3, 0.4) is 0 Å². The molecule has 1 aliphatic rings. The molecule has 0 radical (unpaired) electrons. The number of carbonyl (C=O) groups excluding carboxylic acids is 1. The fourth-order valence-corrected chi connectivity index (χ4v) is 6.15. The van der Waals surface area contributed by atoms with E-state index in [4.69, 9.17) is 9.47 Å². The number of amidine groups is 1. The van der Waals surface area contributed by atoms with E-state index in [1.807, 2.05) is 12.1 Å². The Hall–Kier alpha value is -2.85. The molecule has 38 heavy (non-hydrogen) atoms. The zero-order chi connectivity index (χ0) is 27.5. The summed E-state index contributed by atoms with van der Waals surface area (Å²) in [5, 5.41) is 0.0506. The van der Waals surface area contributed by atoms with Crippen LogP contribution in [0.2, 0.25) is 0 Å². The first kappa shape index (κ1) is 29.7. The summed E-state index contributed by atoms with van der Waals surface area (Å²) in [6.45, 7) is 4.80. The van der Waals surface area contributed by atoms with Crippen molar-refractivity contribution in [3.05, 3.63) is 58.8 Å². The Labute approximate surface area is 229 Å². The number of methoxy groups -OCH3 is 1. The summed E-state index contributed by atoms with van der Waals surface area (Å²) in [7, 11) is -2.55. The van der Waals surface area contributed by atoms with Gasteiger partial charge in [-0.05, 0) is 73.1 Å². The first-order valence-electron chi connectivity index (χ1n) is 12.9. The van der Waals surface area contributed by atoms with Crippen molar-refractivity contribution in [2.45, 2.75) is 63.7 Å². The number of ether oxygens (including phenoxy) is 2. The molecule has 0 bridgehead atoms. The lowest BCUT2D eigenvalue weighted by atomic mass is 10.1. The zero-order valence-electron chi connectivity index (χ0n) is 22.1. The molecule has 0 N–H and O–H groups in total. The Morgan fingerprint density at radius 1 is 0.974 bits per heavy atom. The van der Waals surface area contributed by atoms with Gasteiger partial charge in [-0.15, -0.1) is 4.40 Å². The van der Waals surface area contributed by atoms with Crippen molar-refractivity contribution in [1.82, 2.24) is 4.90 Å². The minimum atomic E-state index is -4.12. The second kappa shape index (κ2) is 14.3. The van der Waals surface area contributed by atoms with Crippen molar-refractivity contribution in [3.63, 3.8) is 0 Å². The van der Waals surface area contributed by atoms with Gasteiger partial charge in [0.15, 0.2) is 16.7 Å². The molecule has 0 spiro atoms. The lowest BCUT2D eigenvalue weighted by molar-refractivity contribution is -0.122. The number of amides is 1. The van der Waals surface area contributed by atoms with Crippen LogP contribution in [0.5, 0.6) is 11.5 Å². The third-order valence-corrected chi connectivity index (χ3v) is 8.41. The minimum absolute atomic E-state index is 0.0506. The Kier molecular flexibility index (Phi) is 11.2. The number of hydrogen-bond donors (Lipinski definition) is 0. The molecule has 0 unspecified atom stereocenters. The number of thioether (sulfide) groups is 1. The first-order valence-corrected chi connectivity index (χ1v) is 15.2. The van der Waals surface area contributed by atoms with E-state index >= 15 is 0 Å². The van der Waals surface area contributed by atoms with E-state index in [1.54, 1.807) is 26.2 Å². The van der Waals surface area contributed by atoms with Crippen LogP contribution >= 0.6 is 11.8 Å². The molecule has 1 fully saturated rings. The molecule has 1 heterocycles. The van der Waals surface area contributed by atoms with Crippen molar-refractivity contribution < 1.29 is 27.1 Å². The molecule has 0 aliphatic carbocycles. The number of sulfonamides is 1. The number of nitrogens with zero attached hydrogens (tertiary/aromatic N) is 2. The smallest absolute Gasteiger partial charge is 0.284 e. The van der Waals surface area contributed by atoms with E-state index < -0.39 is 15.8 Å². The maximum Gasteiger partial charge on any atom is 0.284 e. The van der Waals surface area contributed by atoms with E-state index in [0.29, 0.717) is 28.6 Å². The average Bonchev–Trinajstić information content (AvgIpc) is 3.18. The zero-order valence-corrected chi connectivity index (χ0v) is 23.7. The van der Waals surface area contributed by atoms with Gasteiger partial charge in [-0.2, -0.15) is 8.42 Å².